The summed E-state index contributed by atoms with van der Waals surface area (Å²) in [6.07, 6.45) is 3.55. The molecule has 1 aliphatic carbocycles. The Bertz CT molecular complexity index is 363. The second kappa shape index (κ2) is 3.20. The zero-order valence-corrected chi connectivity index (χ0v) is 7.46. The Morgan fingerprint density at radius 1 is 1.31 bits per heavy atom. The van der Waals surface area contributed by atoms with E-state index in [0.717, 1.165) is 12.0 Å². The van der Waals surface area contributed by atoms with Crippen molar-refractivity contribution >= 4 is 0 Å². The molecule has 0 amide bonds. The van der Waals surface area contributed by atoms with E-state index in [-0.39, 0.29) is 0 Å². The number of aryl methyl sites for hydroxylation is 2. The quantitative estimate of drug-likeness (QED) is 0.700. The van der Waals surface area contributed by atoms with Crippen molar-refractivity contribution in [1.29, 1.82) is 5.26 Å². The molecule has 13 heavy (non-hydrogen) atoms. The van der Waals surface area contributed by atoms with Crippen LogP contribution in [0, 0.1) is 11.3 Å². The summed E-state index contributed by atoms with van der Waals surface area (Å²) in [5, 5.41) is 8.66. The fraction of sp³-hybridized carbons (Fsp3) is 0.364. The highest BCUT2D eigenvalue weighted by Crippen LogP contribution is 2.24. The summed E-state index contributed by atoms with van der Waals surface area (Å²) in [7, 11) is 0. The molecule has 2 N–H and O–H groups in total. The minimum atomic E-state index is -0.467. The Hall–Kier alpha value is -1.33. The first kappa shape index (κ1) is 8.28. The zero-order chi connectivity index (χ0) is 9.26. The summed E-state index contributed by atoms with van der Waals surface area (Å²) < 4.78 is 0. The van der Waals surface area contributed by atoms with Crippen molar-refractivity contribution in [3.05, 3.63) is 34.9 Å². The van der Waals surface area contributed by atoms with Gasteiger partial charge in [0.1, 0.15) is 6.04 Å². The van der Waals surface area contributed by atoms with Crippen LogP contribution in [-0.2, 0) is 12.8 Å². The molecule has 0 saturated heterocycles. The van der Waals surface area contributed by atoms with Crippen molar-refractivity contribution in [2.24, 2.45) is 5.73 Å². The molecule has 0 radical (unpaired) electrons. The lowest BCUT2D eigenvalue weighted by atomic mass is 10.0. The van der Waals surface area contributed by atoms with Crippen molar-refractivity contribution in [3.63, 3.8) is 0 Å². The van der Waals surface area contributed by atoms with E-state index >= 15 is 0 Å². The highest BCUT2D eigenvalue weighted by atomic mass is 14.6. The zero-order valence-electron chi connectivity index (χ0n) is 7.46. The third-order valence-corrected chi connectivity index (χ3v) is 2.62. The average Bonchev–Trinajstić information content (AvgIpc) is 2.63. The minimum Gasteiger partial charge on any atom is -0.312 e. The molecule has 1 aromatic rings. The summed E-state index contributed by atoms with van der Waals surface area (Å²) in [5.41, 5.74) is 9.38. The van der Waals surface area contributed by atoms with Crippen LogP contribution in [0.25, 0.3) is 0 Å². The molecule has 0 saturated carbocycles. The Labute approximate surface area is 78.0 Å². The highest BCUT2D eigenvalue weighted by Gasteiger charge is 2.12. The van der Waals surface area contributed by atoms with E-state index < -0.39 is 6.04 Å². The van der Waals surface area contributed by atoms with Gasteiger partial charge in [0.15, 0.2) is 0 Å². The smallest absolute Gasteiger partial charge is 0.118 e. The average molecular weight is 172 g/mol. The normalized spacial score (nSPS) is 16.3. The molecule has 66 valence electrons. The van der Waals surface area contributed by atoms with Crippen molar-refractivity contribution in [3.8, 4) is 6.07 Å². The van der Waals surface area contributed by atoms with E-state index in [9.17, 15) is 0 Å². The Morgan fingerprint density at radius 3 is 2.85 bits per heavy atom. The number of fused-ring (bicyclic) bond motifs is 1. The van der Waals surface area contributed by atoms with Crippen LogP contribution < -0.4 is 5.73 Å². The molecule has 1 aliphatic rings. The van der Waals surface area contributed by atoms with Gasteiger partial charge in [-0.1, -0.05) is 18.2 Å². The largest absolute Gasteiger partial charge is 0.312 e. The van der Waals surface area contributed by atoms with E-state index in [1.165, 1.54) is 24.0 Å². The predicted octanol–water partition coefficient (Wildman–Crippen LogP) is 1.70. The fourth-order valence-corrected chi connectivity index (χ4v) is 1.86. The molecular formula is C11H12N2. The van der Waals surface area contributed by atoms with Crippen LogP contribution >= 0.6 is 0 Å². The van der Waals surface area contributed by atoms with E-state index in [2.05, 4.69) is 18.2 Å². The van der Waals surface area contributed by atoms with Gasteiger partial charge in [-0.25, -0.2) is 0 Å². The molecule has 1 aromatic carbocycles. The van der Waals surface area contributed by atoms with Crippen LogP contribution in [0.3, 0.4) is 0 Å². The molecule has 2 heteroatoms. The van der Waals surface area contributed by atoms with Crippen molar-refractivity contribution in [2.75, 3.05) is 0 Å². The monoisotopic (exact) mass is 172 g/mol. The summed E-state index contributed by atoms with van der Waals surface area (Å²) >= 11 is 0. The number of benzene rings is 1. The Morgan fingerprint density at radius 2 is 2.08 bits per heavy atom. The number of nitrogens with two attached hydrogens (primary N) is 1. The molecule has 2 nitrogen and oxygen atoms in total. The molecular weight excluding hydrogens is 160 g/mol. The van der Waals surface area contributed by atoms with Crippen LogP contribution in [0.1, 0.15) is 29.2 Å². The number of nitrogens with zero attached hydrogens (tertiary/aromatic N) is 1. The number of hydrogen-bond donors (Lipinski definition) is 1. The molecule has 2 rings (SSSR count). The van der Waals surface area contributed by atoms with Crippen LogP contribution in [0.4, 0.5) is 0 Å². The van der Waals surface area contributed by atoms with Crippen LogP contribution in [0.2, 0.25) is 0 Å². The summed E-state index contributed by atoms with van der Waals surface area (Å²) in [6, 6.07) is 7.74. The standard InChI is InChI=1S/C11H12N2/c12-7-11(13)10-5-4-8-2-1-3-9(8)6-10/h4-6,11H,1-3,13H2. The van der Waals surface area contributed by atoms with Crippen molar-refractivity contribution in [1.82, 2.24) is 0 Å². The van der Waals surface area contributed by atoms with E-state index in [0.29, 0.717) is 0 Å². The lowest BCUT2D eigenvalue weighted by molar-refractivity contribution is 0.906. The summed E-state index contributed by atoms with van der Waals surface area (Å²) in [6.45, 7) is 0. The first-order chi connectivity index (χ1) is 6.31. The second-order valence-electron chi connectivity index (χ2n) is 3.49. The van der Waals surface area contributed by atoms with Gasteiger partial charge in [0.25, 0.3) is 0 Å². The first-order valence-corrected chi connectivity index (χ1v) is 4.58. The fourth-order valence-electron chi connectivity index (χ4n) is 1.86. The van der Waals surface area contributed by atoms with Crippen LogP contribution in [0.15, 0.2) is 18.2 Å². The molecule has 0 aromatic heterocycles. The SMILES string of the molecule is N#CC(N)c1ccc2c(c1)CCC2. The second-order valence-corrected chi connectivity index (χ2v) is 3.49. The van der Waals surface area contributed by atoms with Crippen molar-refractivity contribution in [2.45, 2.75) is 25.3 Å². The molecule has 0 bridgehead atoms. The molecule has 0 heterocycles. The van der Waals surface area contributed by atoms with Crippen LogP contribution in [-0.4, -0.2) is 0 Å². The first-order valence-electron chi connectivity index (χ1n) is 4.58. The lowest BCUT2D eigenvalue weighted by Gasteiger charge is -2.05. The van der Waals surface area contributed by atoms with E-state index in [1.807, 2.05) is 6.07 Å². The maximum atomic E-state index is 8.66. The maximum absolute atomic E-state index is 8.66. The number of rotatable bonds is 1. The topological polar surface area (TPSA) is 49.8 Å². The Balaban J connectivity index is 2.37. The third kappa shape index (κ3) is 1.43. The van der Waals surface area contributed by atoms with Crippen molar-refractivity contribution < 1.29 is 0 Å². The Kier molecular flexibility index (Phi) is 2.03. The van der Waals surface area contributed by atoms with Gasteiger partial charge in [0, 0.05) is 0 Å². The van der Waals surface area contributed by atoms with Gasteiger partial charge >= 0.3 is 0 Å². The highest BCUT2D eigenvalue weighted by molar-refractivity contribution is 5.37. The molecule has 1 unspecified atom stereocenters. The molecule has 1 atom stereocenters. The maximum Gasteiger partial charge on any atom is 0.118 e. The number of hydrogen-bond acceptors (Lipinski definition) is 2. The minimum absolute atomic E-state index is 0.467. The van der Waals surface area contributed by atoms with Gasteiger partial charge < -0.3 is 5.73 Å². The molecule has 0 fully saturated rings. The van der Waals surface area contributed by atoms with Gasteiger partial charge in [-0.15, -0.1) is 0 Å². The van der Waals surface area contributed by atoms with Gasteiger partial charge in [0.2, 0.25) is 0 Å². The third-order valence-electron chi connectivity index (χ3n) is 2.62. The van der Waals surface area contributed by atoms with Gasteiger partial charge in [-0.3, -0.25) is 0 Å². The van der Waals surface area contributed by atoms with Gasteiger partial charge in [-0.05, 0) is 36.0 Å². The van der Waals surface area contributed by atoms with Gasteiger partial charge in [-0.2, -0.15) is 5.26 Å². The predicted molar refractivity (Wildman–Crippen MR) is 51.0 cm³/mol. The van der Waals surface area contributed by atoms with E-state index in [4.69, 9.17) is 11.0 Å². The summed E-state index contributed by atoms with van der Waals surface area (Å²) in [4.78, 5) is 0. The number of nitriles is 1. The van der Waals surface area contributed by atoms with E-state index in [1.54, 1.807) is 0 Å². The van der Waals surface area contributed by atoms with Crippen LogP contribution in [0.5, 0.6) is 0 Å². The summed E-state index contributed by atoms with van der Waals surface area (Å²) in [5.74, 6) is 0. The lowest BCUT2D eigenvalue weighted by Crippen LogP contribution is -2.07. The molecule has 0 spiro atoms. The molecule has 0 aliphatic heterocycles. The van der Waals surface area contributed by atoms with Gasteiger partial charge in [0.05, 0.1) is 6.07 Å².